The van der Waals surface area contributed by atoms with E-state index in [0.717, 1.165) is 10.5 Å². The van der Waals surface area contributed by atoms with Crippen LogP contribution < -0.4 is 5.56 Å². The predicted molar refractivity (Wildman–Crippen MR) is 57.6 cm³/mol. The third kappa shape index (κ3) is 1.55. The number of aryl methyl sites for hydroxylation is 1. The van der Waals surface area contributed by atoms with Gasteiger partial charge in [-0.05, 0) is 13.0 Å². The number of carbonyl (C=O) groups is 1. The molecule has 0 spiro atoms. The second-order valence-electron chi connectivity index (χ2n) is 3.12. The van der Waals surface area contributed by atoms with Crippen LogP contribution in [0.2, 0.25) is 0 Å². The van der Waals surface area contributed by atoms with Crippen molar-refractivity contribution >= 4 is 22.1 Å². The van der Waals surface area contributed by atoms with E-state index in [9.17, 15) is 9.59 Å². The first-order valence-electron chi connectivity index (χ1n) is 4.32. The number of methoxy groups -OCH3 is 1. The van der Waals surface area contributed by atoms with Gasteiger partial charge in [-0.1, -0.05) is 0 Å². The van der Waals surface area contributed by atoms with Gasteiger partial charge in [0.15, 0.2) is 0 Å². The zero-order valence-electron chi connectivity index (χ0n) is 8.31. The summed E-state index contributed by atoms with van der Waals surface area (Å²) in [5, 5.41) is 1.87. The third-order valence-corrected chi connectivity index (χ3v) is 3.12. The van der Waals surface area contributed by atoms with Crippen LogP contribution in [0.1, 0.15) is 16.1 Å². The maximum atomic E-state index is 11.7. The summed E-state index contributed by atoms with van der Waals surface area (Å²) < 4.78 is 6.13. The monoisotopic (exact) mass is 223 g/mol. The Hall–Kier alpha value is -1.62. The van der Waals surface area contributed by atoms with Gasteiger partial charge < -0.3 is 4.74 Å². The van der Waals surface area contributed by atoms with Crippen molar-refractivity contribution in [2.75, 3.05) is 7.11 Å². The molecular weight excluding hydrogens is 214 g/mol. The molecule has 0 saturated carbocycles. The lowest BCUT2D eigenvalue weighted by molar-refractivity contribution is 0.0600. The fourth-order valence-electron chi connectivity index (χ4n) is 1.41. The van der Waals surface area contributed by atoms with Gasteiger partial charge in [-0.25, -0.2) is 4.79 Å². The van der Waals surface area contributed by atoms with Gasteiger partial charge in [0, 0.05) is 17.1 Å². The number of rotatable bonds is 1. The minimum Gasteiger partial charge on any atom is -0.465 e. The van der Waals surface area contributed by atoms with Crippen LogP contribution in [0.3, 0.4) is 0 Å². The summed E-state index contributed by atoms with van der Waals surface area (Å²) in [4.78, 5) is 23.7. The fraction of sp³-hybridized carbons (Fsp3) is 0.200. The number of hydrogen-bond acceptors (Lipinski definition) is 4. The van der Waals surface area contributed by atoms with Crippen molar-refractivity contribution in [3.63, 3.8) is 0 Å². The summed E-state index contributed by atoms with van der Waals surface area (Å²) in [5.41, 5.74) is 0.965. The lowest BCUT2D eigenvalue weighted by Gasteiger charge is -1.99. The van der Waals surface area contributed by atoms with E-state index in [4.69, 9.17) is 0 Å². The van der Waals surface area contributed by atoms with Gasteiger partial charge in [-0.2, -0.15) is 0 Å². The summed E-state index contributed by atoms with van der Waals surface area (Å²) >= 11 is 1.43. The smallest absolute Gasteiger partial charge is 0.338 e. The number of esters is 1. The second-order valence-corrected chi connectivity index (χ2v) is 4.01. The van der Waals surface area contributed by atoms with Crippen LogP contribution in [0.5, 0.6) is 0 Å². The van der Waals surface area contributed by atoms with Crippen LogP contribution in [-0.4, -0.2) is 17.5 Å². The number of aromatic nitrogens is 1. The van der Waals surface area contributed by atoms with E-state index in [1.807, 2.05) is 12.3 Å². The Balaban J connectivity index is 2.74. The second kappa shape index (κ2) is 3.51. The highest BCUT2D eigenvalue weighted by atomic mass is 32.1. The Morgan fingerprint density at radius 3 is 2.87 bits per heavy atom. The van der Waals surface area contributed by atoms with Gasteiger partial charge in [0.05, 0.1) is 12.7 Å². The number of carbonyl (C=O) groups excluding carboxylic acids is 1. The number of thiazole rings is 1. The van der Waals surface area contributed by atoms with Gasteiger partial charge in [0.1, 0.15) is 4.83 Å². The van der Waals surface area contributed by atoms with Gasteiger partial charge in [-0.3, -0.25) is 9.20 Å². The minimum atomic E-state index is -0.486. The highest BCUT2D eigenvalue weighted by Gasteiger charge is 2.10. The van der Waals surface area contributed by atoms with Crippen molar-refractivity contribution in [3.05, 3.63) is 39.1 Å². The molecule has 0 aliphatic heterocycles. The van der Waals surface area contributed by atoms with Crippen LogP contribution in [0.25, 0.3) is 4.83 Å². The Labute approximate surface area is 89.7 Å². The molecule has 15 heavy (non-hydrogen) atoms. The van der Waals surface area contributed by atoms with Crippen molar-refractivity contribution in [3.8, 4) is 0 Å². The molecule has 0 fully saturated rings. The Kier molecular flexibility index (Phi) is 2.32. The van der Waals surface area contributed by atoms with E-state index >= 15 is 0 Å². The fourth-order valence-corrected chi connectivity index (χ4v) is 2.34. The molecule has 2 aromatic heterocycles. The molecule has 0 aliphatic rings. The summed E-state index contributed by atoms with van der Waals surface area (Å²) in [6, 6.07) is 2.95. The first-order valence-corrected chi connectivity index (χ1v) is 5.20. The SMILES string of the molecule is COC(=O)c1cc(=O)n2c(C)csc2c1. The zero-order chi connectivity index (χ0) is 11.0. The number of fused-ring (bicyclic) bond motifs is 1. The average molecular weight is 223 g/mol. The van der Waals surface area contributed by atoms with Gasteiger partial charge in [0.25, 0.3) is 5.56 Å². The molecule has 5 heteroatoms. The van der Waals surface area contributed by atoms with Crippen molar-refractivity contribution in [2.45, 2.75) is 6.92 Å². The van der Waals surface area contributed by atoms with Gasteiger partial charge in [-0.15, -0.1) is 11.3 Å². The van der Waals surface area contributed by atoms with E-state index in [1.165, 1.54) is 24.5 Å². The molecule has 2 rings (SSSR count). The van der Waals surface area contributed by atoms with Crippen molar-refractivity contribution in [1.82, 2.24) is 4.40 Å². The lowest BCUT2D eigenvalue weighted by Crippen LogP contribution is -2.15. The maximum absolute atomic E-state index is 11.7. The van der Waals surface area contributed by atoms with Crippen LogP contribution in [0.4, 0.5) is 0 Å². The highest BCUT2D eigenvalue weighted by Crippen LogP contribution is 2.15. The molecule has 0 amide bonds. The molecule has 0 unspecified atom stereocenters. The van der Waals surface area contributed by atoms with Crippen LogP contribution in [0.15, 0.2) is 22.3 Å². The van der Waals surface area contributed by atoms with E-state index in [1.54, 1.807) is 10.5 Å². The molecule has 0 N–H and O–H groups in total. The van der Waals surface area contributed by atoms with Gasteiger partial charge in [0.2, 0.25) is 0 Å². The van der Waals surface area contributed by atoms with E-state index < -0.39 is 5.97 Å². The molecule has 0 atom stereocenters. The van der Waals surface area contributed by atoms with E-state index in [-0.39, 0.29) is 5.56 Å². The standard InChI is InChI=1S/C10H9NO3S/c1-6-5-15-9-4-7(10(13)14-2)3-8(12)11(6)9/h3-5H,1-2H3. The number of pyridine rings is 1. The zero-order valence-corrected chi connectivity index (χ0v) is 9.13. The molecule has 0 aromatic carbocycles. The molecule has 2 heterocycles. The van der Waals surface area contributed by atoms with Crippen molar-refractivity contribution in [1.29, 1.82) is 0 Å². The Morgan fingerprint density at radius 2 is 2.20 bits per heavy atom. The van der Waals surface area contributed by atoms with E-state index in [0.29, 0.717) is 5.56 Å². The molecule has 0 bridgehead atoms. The first kappa shape index (κ1) is 9.92. The van der Waals surface area contributed by atoms with Crippen molar-refractivity contribution < 1.29 is 9.53 Å². The third-order valence-electron chi connectivity index (χ3n) is 2.12. The van der Waals surface area contributed by atoms with Crippen molar-refractivity contribution in [2.24, 2.45) is 0 Å². The predicted octanol–water partition coefficient (Wildman–Crippen LogP) is 1.46. The largest absolute Gasteiger partial charge is 0.465 e. The molecular formula is C10H9NO3S. The highest BCUT2D eigenvalue weighted by molar-refractivity contribution is 7.15. The molecule has 2 aromatic rings. The number of hydrogen-bond donors (Lipinski definition) is 0. The molecule has 0 saturated heterocycles. The topological polar surface area (TPSA) is 47.8 Å². The average Bonchev–Trinajstić information content (AvgIpc) is 2.59. The van der Waals surface area contributed by atoms with Crippen LogP contribution >= 0.6 is 11.3 Å². The number of ether oxygens (including phenoxy) is 1. The molecule has 0 radical (unpaired) electrons. The number of nitrogens with zero attached hydrogens (tertiary/aromatic N) is 1. The normalized spacial score (nSPS) is 10.5. The summed E-state index contributed by atoms with van der Waals surface area (Å²) in [6.07, 6.45) is 0. The van der Waals surface area contributed by atoms with E-state index in [2.05, 4.69) is 4.74 Å². The maximum Gasteiger partial charge on any atom is 0.338 e. The summed E-state index contributed by atoms with van der Waals surface area (Å²) in [5.74, 6) is -0.486. The lowest BCUT2D eigenvalue weighted by atomic mass is 10.3. The molecule has 78 valence electrons. The molecule has 4 nitrogen and oxygen atoms in total. The van der Waals surface area contributed by atoms with Crippen LogP contribution in [-0.2, 0) is 4.74 Å². The summed E-state index contributed by atoms with van der Waals surface area (Å²) in [6.45, 7) is 1.85. The Morgan fingerprint density at radius 1 is 1.47 bits per heavy atom. The summed E-state index contributed by atoms with van der Waals surface area (Å²) in [7, 11) is 1.30. The van der Waals surface area contributed by atoms with Crippen LogP contribution in [0, 0.1) is 6.92 Å². The Bertz CT molecular complexity index is 582. The van der Waals surface area contributed by atoms with Gasteiger partial charge >= 0.3 is 5.97 Å². The minimum absolute atomic E-state index is 0.202. The first-order chi connectivity index (χ1) is 7.13. The quantitative estimate of drug-likeness (QED) is 0.687. The molecule has 0 aliphatic carbocycles.